The molecule has 2 unspecified atom stereocenters. The lowest BCUT2D eigenvalue weighted by atomic mass is 9.81. The molecule has 0 aromatic heterocycles. The van der Waals surface area contributed by atoms with Crippen LogP contribution in [0.2, 0.25) is 0 Å². The minimum Gasteiger partial charge on any atom is -0.325 e. The van der Waals surface area contributed by atoms with E-state index in [0.717, 1.165) is 17.0 Å². The Morgan fingerprint density at radius 3 is 2.47 bits per heavy atom. The van der Waals surface area contributed by atoms with Crippen molar-refractivity contribution in [3.8, 4) is 0 Å². The largest absolute Gasteiger partial charge is 0.416 e. The van der Waals surface area contributed by atoms with Crippen molar-refractivity contribution in [3.63, 3.8) is 0 Å². The number of anilines is 1. The summed E-state index contributed by atoms with van der Waals surface area (Å²) in [4.78, 5) is 26.4. The van der Waals surface area contributed by atoms with E-state index in [2.05, 4.69) is 5.32 Å². The second-order valence-corrected chi connectivity index (χ2v) is 7.80. The number of alkyl halides is 6. The molecule has 32 heavy (non-hydrogen) atoms. The number of likely N-dealkylation sites (tertiary alicyclic amines) is 1. The number of halogens is 6. The van der Waals surface area contributed by atoms with E-state index in [4.69, 9.17) is 0 Å². The fourth-order valence-electron chi connectivity index (χ4n) is 4.23. The molecule has 2 aliphatic heterocycles. The standard InChI is InChI=1S/C21H17F6N3O2/c22-20(23,24)13-5-3-4-12(10-13)16(21(25,26)27)29-18(32)30-9-8-19(11-30)14-6-1-2-7-15(14)28-17(19)31/h1-7,10,16H,8-9,11H2,(H,28,31)(H,29,32). The summed E-state index contributed by atoms with van der Waals surface area (Å²) in [6.45, 7) is -0.129. The van der Waals surface area contributed by atoms with Gasteiger partial charge in [-0.3, -0.25) is 4.79 Å². The molecule has 0 aliphatic carbocycles. The fourth-order valence-corrected chi connectivity index (χ4v) is 4.23. The average Bonchev–Trinajstić information content (AvgIpc) is 3.28. The Hall–Kier alpha value is -3.24. The van der Waals surface area contributed by atoms with Gasteiger partial charge in [0.05, 0.1) is 11.0 Å². The normalized spacial score (nSPS) is 21.4. The molecule has 2 heterocycles. The number of benzene rings is 2. The first-order valence-corrected chi connectivity index (χ1v) is 9.62. The van der Waals surface area contributed by atoms with Gasteiger partial charge in [-0.1, -0.05) is 30.3 Å². The molecule has 2 aromatic rings. The van der Waals surface area contributed by atoms with Gasteiger partial charge in [0, 0.05) is 18.8 Å². The van der Waals surface area contributed by atoms with Crippen LogP contribution in [0.3, 0.4) is 0 Å². The lowest BCUT2D eigenvalue weighted by Gasteiger charge is -2.27. The molecule has 1 spiro atoms. The maximum atomic E-state index is 13.7. The first kappa shape index (κ1) is 22.0. The second-order valence-electron chi connectivity index (χ2n) is 7.80. The van der Waals surface area contributed by atoms with Crippen molar-refractivity contribution in [2.45, 2.75) is 30.2 Å². The summed E-state index contributed by atoms with van der Waals surface area (Å²) in [6, 6.07) is 5.85. The Balaban J connectivity index is 1.57. The number of carbonyl (C=O) groups excluding carboxylic acids is 2. The van der Waals surface area contributed by atoms with E-state index >= 15 is 0 Å². The molecule has 0 saturated carbocycles. The molecule has 11 heteroatoms. The van der Waals surface area contributed by atoms with Crippen molar-refractivity contribution >= 4 is 17.6 Å². The molecule has 2 N–H and O–H groups in total. The van der Waals surface area contributed by atoms with Crippen LogP contribution in [0.15, 0.2) is 48.5 Å². The van der Waals surface area contributed by atoms with E-state index in [1.165, 1.54) is 0 Å². The second kappa shape index (κ2) is 7.42. The summed E-state index contributed by atoms with van der Waals surface area (Å²) in [7, 11) is 0. The Labute approximate surface area is 178 Å². The molecular weight excluding hydrogens is 440 g/mol. The van der Waals surface area contributed by atoms with Gasteiger partial charge in [0.15, 0.2) is 6.04 Å². The molecular formula is C21H17F6N3O2. The van der Waals surface area contributed by atoms with Crippen molar-refractivity contribution in [1.82, 2.24) is 10.2 Å². The molecule has 1 fully saturated rings. The van der Waals surface area contributed by atoms with Gasteiger partial charge in [-0.15, -0.1) is 0 Å². The lowest BCUT2D eigenvalue weighted by molar-refractivity contribution is -0.156. The number of carbonyl (C=O) groups is 2. The lowest BCUT2D eigenvalue weighted by Crippen LogP contribution is -2.47. The molecule has 3 amide bonds. The summed E-state index contributed by atoms with van der Waals surface area (Å²) in [5.41, 5.74) is -1.82. The smallest absolute Gasteiger partial charge is 0.325 e. The van der Waals surface area contributed by atoms with Crippen LogP contribution >= 0.6 is 0 Å². The van der Waals surface area contributed by atoms with Crippen LogP contribution in [-0.2, 0) is 16.4 Å². The number of para-hydroxylation sites is 1. The number of amides is 3. The SMILES string of the molecule is O=C(NC(c1cccc(C(F)(F)F)c1)C(F)(F)F)N1CCC2(C1)C(=O)Nc1ccccc12. The number of hydrogen-bond donors (Lipinski definition) is 2. The van der Waals surface area contributed by atoms with Gasteiger partial charge in [0.25, 0.3) is 0 Å². The van der Waals surface area contributed by atoms with Crippen LogP contribution in [0.1, 0.15) is 29.2 Å². The number of nitrogens with one attached hydrogen (secondary N) is 2. The van der Waals surface area contributed by atoms with Gasteiger partial charge in [-0.05, 0) is 35.7 Å². The van der Waals surface area contributed by atoms with Gasteiger partial charge < -0.3 is 15.5 Å². The van der Waals surface area contributed by atoms with Gasteiger partial charge in [-0.2, -0.15) is 26.3 Å². The predicted octanol–water partition coefficient (Wildman–Crippen LogP) is 4.61. The molecule has 5 nitrogen and oxygen atoms in total. The van der Waals surface area contributed by atoms with E-state index in [0.29, 0.717) is 23.4 Å². The summed E-state index contributed by atoms with van der Waals surface area (Å²) in [6.07, 6.45) is -9.65. The molecule has 2 atom stereocenters. The van der Waals surface area contributed by atoms with E-state index in [1.54, 1.807) is 29.6 Å². The third-order valence-electron chi connectivity index (χ3n) is 5.82. The molecule has 0 bridgehead atoms. The molecule has 1 saturated heterocycles. The zero-order valence-corrected chi connectivity index (χ0v) is 16.3. The summed E-state index contributed by atoms with van der Waals surface area (Å²) < 4.78 is 79.8. The third-order valence-corrected chi connectivity index (χ3v) is 5.82. The summed E-state index contributed by atoms with van der Waals surface area (Å²) in [5.74, 6) is -0.348. The first-order valence-electron chi connectivity index (χ1n) is 9.62. The Bertz CT molecular complexity index is 1070. The minimum atomic E-state index is -5.03. The van der Waals surface area contributed by atoms with E-state index < -0.39 is 41.0 Å². The highest BCUT2D eigenvalue weighted by Gasteiger charge is 2.53. The zero-order chi connectivity index (χ0) is 23.3. The van der Waals surface area contributed by atoms with Gasteiger partial charge in [-0.25, -0.2) is 4.79 Å². The zero-order valence-electron chi connectivity index (χ0n) is 16.3. The van der Waals surface area contributed by atoms with E-state index in [-0.39, 0.29) is 25.4 Å². The topological polar surface area (TPSA) is 61.4 Å². The first-order chi connectivity index (χ1) is 14.9. The van der Waals surface area contributed by atoms with Crippen molar-refractivity contribution in [1.29, 1.82) is 0 Å². The number of urea groups is 1. The van der Waals surface area contributed by atoms with Crippen molar-refractivity contribution in [2.24, 2.45) is 0 Å². The summed E-state index contributed by atoms with van der Waals surface area (Å²) >= 11 is 0. The van der Waals surface area contributed by atoms with Crippen LogP contribution in [0.4, 0.5) is 36.8 Å². The van der Waals surface area contributed by atoms with Gasteiger partial charge in [0.2, 0.25) is 5.91 Å². The number of rotatable bonds is 2. The van der Waals surface area contributed by atoms with Crippen LogP contribution in [0.25, 0.3) is 0 Å². The highest BCUT2D eigenvalue weighted by molar-refractivity contribution is 6.07. The van der Waals surface area contributed by atoms with Gasteiger partial charge >= 0.3 is 18.4 Å². The maximum absolute atomic E-state index is 13.7. The number of nitrogens with zero attached hydrogens (tertiary/aromatic N) is 1. The highest BCUT2D eigenvalue weighted by atomic mass is 19.4. The minimum absolute atomic E-state index is 0.0146. The summed E-state index contributed by atoms with van der Waals surface area (Å²) in [5, 5.41) is 4.52. The number of fused-ring (bicyclic) bond motifs is 2. The average molecular weight is 457 g/mol. The van der Waals surface area contributed by atoms with Gasteiger partial charge in [0.1, 0.15) is 0 Å². The molecule has 2 aliphatic rings. The van der Waals surface area contributed by atoms with Crippen LogP contribution in [0.5, 0.6) is 0 Å². The maximum Gasteiger partial charge on any atom is 0.416 e. The fraction of sp³-hybridized carbons (Fsp3) is 0.333. The van der Waals surface area contributed by atoms with Crippen LogP contribution in [-0.4, -0.2) is 36.1 Å². The van der Waals surface area contributed by atoms with E-state index in [1.807, 2.05) is 0 Å². The highest BCUT2D eigenvalue weighted by Crippen LogP contribution is 2.44. The van der Waals surface area contributed by atoms with Crippen molar-refractivity contribution in [2.75, 3.05) is 18.4 Å². The Kier molecular flexibility index (Phi) is 5.09. The predicted molar refractivity (Wildman–Crippen MR) is 102 cm³/mol. The van der Waals surface area contributed by atoms with E-state index in [9.17, 15) is 35.9 Å². The Morgan fingerprint density at radius 1 is 1.06 bits per heavy atom. The quantitative estimate of drug-likeness (QED) is 0.647. The molecule has 2 aromatic carbocycles. The number of hydrogen-bond acceptors (Lipinski definition) is 2. The molecule has 170 valence electrons. The monoisotopic (exact) mass is 457 g/mol. The van der Waals surface area contributed by atoms with Crippen LogP contribution < -0.4 is 10.6 Å². The third kappa shape index (κ3) is 3.76. The van der Waals surface area contributed by atoms with Crippen molar-refractivity contribution in [3.05, 3.63) is 65.2 Å². The molecule has 0 radical (unpaired) electrons. The van der Waals surface area contributed by atoms with Crippen LogP contribution in [0, 0.1) is 0 Å². The Morgan fingerprint density at radius 2 is 1.78 bits per heavy atom. The molecule has 4 rings (SSSR count). The van der Waals surface area contributed by atoms with Crippen molar-refractivity contribution < 1.29 is 35.9 Å².